The van der Waals surface area contributed by atoms with Gasteiger partial charge in [0.25, 0.3) is 5.89 Å². The van der Waals surface area contributed by atoms with Crippen molar-refractivity contribution in [3.63, 3.8) is 0 Å². The van der Waals surface area contributed by atoms with Gasteiger partial charge in [0.2, 0.25) is 0 Å². The van der Waals surface area contributed by atoms with E-state index in [1.54, 1.807) is 11.3 Å². The van der Waals surface area contributed by atoms with Crippen molar-refractivity contribution >= 4 is 16.5 Å². The number of nitrogens with one attached hydrogen (secondary N) is 1. The van der Waals surface area contributed by atoms with Crippen molar-refractivity contribution in [2.24, 2.45) is 0 Å². The van der Waals surface area contributed by atoms with Gasteiger partial charge >= 0.3 is 0 Å². The van der Waals surface area contributed by atoms with Crippen molar-refractivity contribution in [3.05, 3.63) is 46.7 Å². The molecule has 28 heavy (non-hydrogen) atoms. The molecule has 0 amide bonds. The second kappa shape index (κ2) is 9.27. The number of anilines is 1. The van der Waals surface area contributed by atoms with E-state index in [1.807, 2.05) is 25.3 Å². The van der Waals surface area contributed by atoms with Crippen LogP contribution in [-0.2, 0) is 24.1 Å². The molecular formula is C20H25N5O2S. The number of morpholine rings is 1. The Morgan fingerprint density at radius 1 is 1.18 bits per heavy atom. The summed E-state index contributed by atoms with van der Waals surface area (Å²) in [5, 5.41) is 8.55. The maximum Gasteiger partial charge on any atom is 0.257 e. The number of hydrogen-bond acceptors (Lipinski definition) is 8. The van der Waals surface area contributed by atoms with Gasteiger partial charge in [-0.3, -0.25) is 0 Å². The van der Waals surface area contributed by atoms with Gasteiger partial charge in [0.1, 0.15) is 0 Å². The summed E-state index contributed by atoms with van der Waals surface area (Å²) in [6.45, 7) is 7.23. The number of nitrogens with zero attached hydrogens (tertiary/aromatic N) is 4. The maximum absolute atomic E-state index is 5.40. The summed E-state index contributed by atoms with van der Waals surface area (Å²) in [6.07, 6.45) is 3.73. The third-order valence-electron chi connectivity index (χ3n) is 4.70. The quantitative estimate of drug-likeness (QED) is 0.584. The summed E-state index contributed by atoms with van der Waals surface area (Å²) < 4.78 is 10.7. The van der Waals surface area contributed by atoms with Crippen molar-refractivity contribution in [2.75, 3.05) is 37.7 Å². The molecule has 3 aromatic rings. The molecule has 1 aliphatic heterocycles. The first kappa shape index (κ1) is 19.0. The second-order valence-electron chi connectivity index (χ2n) is 6.70. The topological polar surface area (TPSA) is 76.3 Å². The largest absolute Gasteiger partial charge is 0.378 e. The number of hydrogen-bond donors (Lipinski definition) is 1. The molecule has 7 nitrogen and oxygen atoms in total. The lowest BCUT2D eigenvalue weighted by Crippen LogP contribution is -2.36. The first-order valence-corrected chi connectivity index (χ1v) is 10.5. The SMILES string of the molecule is CCc1noc(-c2ccc(CCNCc3cnc(N4CCOCC4)s3)cc2)n1. The summed E-state index contributed by atoms with van der Waals surface area (Å²) in [5.74, 6) is 1.32. The van der Waals surface area contributed by atoms with E-state index in [4.69, 9.17) is 9.26 Å². The third-order valence-corrected chi connectivity index (χ3v) is 5.76. The van der Waals surface area contributed by atoms with Crippen LogP contribution in [0.2, 0.25) is 0 Å². The van der Waals surface area contributed by atoms with Gasteiger partial charge in [-0.1, -0.05) is 24.2 Å². The molecular weight excluding hydrogens is 374 g/mol. The predicted octanol–water partition coefficient (Wildman–Crippen LogP) is 2.92. The van der Waals surface area contributed by atoms with Gasteiger partial charge in [0, 0.05) is 42.7 Å². The number of thiazole rings is 1. The average Bonchev–Trinajstić information content (AvgIpc) is 3.42. The minimum atomic E-state index is 0.586. The first-order valence-electron chi connectivity index (χ1n) is 9.72. The number of rotatable bonds is 8. The summed E-state index contributed by atoms with van der Waals surface area (Å²) in [6, 6.07) is 8.33. The minimum Gasteiger partial charge on any atom is -0.378 e. The number of ether oxygens (including phenoxy) is 1. The van der Waals surface area contributed by atoms with Crippen LogP contribution < -0.4 is 10.2 Å². The van der Waals surface area contributed by atoms with Gasteiger partial charge in [0.15, 0.2) is 11.0 Å². The van der Waals surface area contributed by atoms with Crippen molar-refractivity contribution in [1.82, 2.24) is 20.4 Å². The highest BCUT2D eigenvalue weighted by atomic mass is 32.1. The van der Waals surface area contributed by atoms with Crippen LogP contribution in [0, 0.1) is 0 Å². The molecule has 148 valence electrons. The number of aryl methyl sites for hydroxylation is 1. The van der Waals surface area contributed by atoms with Crippen molar-refractivity contribution in [3.8, 4) is 11.5 Å². The van der Waals surface area contributed by atoms with Gasteiger partial charge < -0.3 is 19.5 Å². The molecule has 3 heterocycles. The highest BCUT2D eigenvalue weighted by Crippen LogP contribution is 2.23. The highest BCUT2D eigenvalue weighted by Gasteiger charge is 2.14. The zero-order chi connectivity index (χ0) is 19.2. The van der Waals surface area contributed by atoms with Gasteiger partial charge in [-0.25, -0.2) is 4.98 Å². The van der Waals surface area contributed by atoms with E-state index in [1.165, 1.54) is 10.4 Å². The zero-order valence-electron chi connectivity index (χ0n) is 16.1. The Labute approximate surface area is 168 Å². The molecule has 0 unspecified atom stereocenters. The molecule has 1 saturated heterocycles. The van der Waals surface area contributed by atoms with E-state index < -0.39 is 0 Å². The molecule has 0 aliphatic carbocycles. The van der Waals surface area contributed by atoms with Crippen LogP contribution in [0.4, 0.5) is 5.13 Å². The predicted molar refractivity (Wildman–Crippen MR) is 110 cm³/mol. The fourth-order valence-electron chi connectivity index (χ4n) is 3.05. The summed E-state index contributed by atoms with van der Waals surface area (Å²) >= 11 is 1.76. The lowest BCUT2D eigenvalue weighted by Gasteiger charge is -2.25. The average molecular weight is 400 g/mol. The number of benzene rings is 1. The molecule has 1 aliphatic rings. The molecule has 4 rings (SSSR count). The van der Waals surface area contributed by atoms with Crippen LogP contribution in [0.3, 0.4) is 0 Å². The molecule has 0 saturated carbocycles. The molecule has 0 spiro atoms. The molecule has 1 N–H and O–H groups in total. The number of aromatic nitrogens is 3. The van der Waals surface area contributed by atoms with E-state index in [2.05, 4.69) is 37.5 Å². The second-order valence-corrected chi connectivity index (χ2v) is 7.80. The van der Waals surface area contributed by atoms with E-state index in [9.17, 15) is 0 Å². The highest BCUT2D eigenvalue weighted by molar-refractivity contribution is 7.15. The van der Waals surface area contributed by atoms with Crippen molar-refractivity contribution in [1.29, 1.82) is 0 Å². The Bertz CT molecular complexity index is 871. The Morgan fingerprint density at radius 2 is 2.00 bits per heavy atom. The Morgan fingerprint density at radius 3 is 2.75 bits per heavy atom. The molecule has 1 aromatic carbocycles. The van der Waals surface area contributed by atoms with Gasteiger partial charge in [-0.15, -0.1) is 11.3 Å². The van der Waals surface area contributed by atoms with Crippen LogP contribution in [0.25, 0.3) is 11.5 Å². The van der Waals surface area contributed by atoms with E-state index in [0.29, 0.717) is 5.89 Å². The van der Waals surface area contributed by atoms with Crippen LogP contribution in [-0.4, -0.2) is 48.0 Å². The fourth-order valence-corrected chi connectivity index (χ4v) is 3.98. The van der Waals surface area contributed by atoms with E-state index in [0.717, 1.165) is 68.8 Å². The summed E-state index contributed by atoms with van der Waals surface area (Å²) in [4.78, 5) is 12.5. The van der Waals surface area contributed by atoms with Crippen LogP contribution >= 0.6 is 11.3 Å². The van der Waals surface area contributed by atoms with Crippen molar-refractivity contribution < 1.29 is 9.26 Å². The van der Waals surface area contributed by atoms with Gasteiger partial charge in [0.05, 0.1) is 13.2 Å². The minimum absolute atomic E-state index is 0.586. The van der Waals surface area contributed by atoms with E-state index in [-0.39, 0.29) is 0 Å². The lowest BCUT2D eigenvalue weighted by molar-refractivity contribution is 0.122. The van der Waals surface area contributed by atoms with Gasteiger partial charge in [-0.05, 0) is 30.7 Å². The standard InChI is InChI=1S/C20H25N5O2S/c1-2-18-23-19(27-24-18)16-5-3-15(4-6-16)7-8-21-13-17-14-22-20(28-17)25-9-11-26-12-10-25/h3-6,14,21H,2,7-13H2,1H3. The maximum atomic E-state index is 5.40. The van der Waals surface area contributed by atoms with Crippen LogP contribution in [0.15, 0.2) is 35.0 Å². The third kappa shape index (κ3) is 4.76. The Balaban J connectivity index is 1.22. The Kier molecular flexibility index (Phi) is 6.31. The van der Waals surface area contributed by atoms with E-state index >= 15 is 0 Å². The molecule has 1 fully saturated rings. The zero-order valence-corrected chi connectivity index (χ0v) is 16.9. The van der Waals surface area contributed by atoms with Crippen LogP contribution in [0.1, 0.15) is 23.2 Å². The molecule has 8 heteroatoms. The summed E-state index contributed by atoms with van der Waals surface area (Å²) in [7, 11) is 0. The summed E-state index contributed by atoms with van der Waals surface area (Å²) in [5.41, 5.74) is 2.24. The normalized spacial score (nSPS) is 14.5. The molecule has 0 radical (unpaired) electrons. The smallest absolute Gasteiger partial charge is 0.257 e. The monoisotopic (exact) mass is 399 g/mol. The fraction of sp³-hybridized carbons (Fsp3) is 0.450. The molecule has 0 atom stereocenters. The van der Waals surface area contributed by atoms with Gasteiger partial charge in [-0.2, -0.15) is 4.98 Å². The lowest BCUT2D eigenvalue weighted by atomic mass is 10.1. The van der Waals surface area contributed by atoms with Crippen molar-refractivity contribution in [2.45, 2.75) is 26.3 Å². The first-order chi connectivity index (χ1) is 13.8. The Hall–Kier alpha value is -2.29. The molecule has 2 aromatic heterocycles. The molecule has 0 bridgehead atoms. The van der Waals surface area contributed by atoms with Crippen LogP contribution in [0.5, 0.6) is 0 Å².